The molecule has 2 rings (SSSR count). The molecule has 1 unspecified atom stereocenters. The van der Waals surface area contributed by atoms with Crippen LogP contribution in [0.4, 0.5) is 0 Å². The van der Waals surface area contributed by atoms with E-state index < -0.39 is 0 Å². The molecule has 1 atom stereocenters. The molecule has 0 aliphatic rings. The zero-order chi connectivity index (χ0) is 9.97. The van der Waals surface area contributed by atoms with Crippen molar-refractivity contribution in [1.82, 2.24) is 19.5 Å². The Balaban J connectivity index is 2.44. The molecule has 0 aliphatic carbocycles. The lowest BCUT2D eigenvalue weighted by Gasteiger charge is -1.94. The summed E-state index contributed by atoms with van der Waals surface area (Å²) in [5.74, 6) is 0.505. The molecule has 0 saturated heterocycles. The molecule has 2 heterocycles. The molecule has 0 fully saturated rings. The molecule has 0 bridgehead atoms. The SMILES string of the molecule is O=c1ccnc(-c2ccn(PI)n2)[nH]1. The van der Waals surface area contributed by atoms with Gasteiger partial charge in [-0.15, -0.1) is 0 Å². The summed E-state index contributed by atoms with van der Waals surface area (Å²) in [4.78, 5) is 17.7. The van der Waals surface area contributed by atoms with E-state index in [0.717, 1.165) is 0 Å². The average molecular weight is 320 g/mol. The van der Waals surface area contributed by atoms with E-state index in [4.69, 9.17) is 0 Å². The van der Waals surface area contributed by atoms with E-state index in [2.05, 4.69) is 37.1 Å². The van der Waals surface area contributed by atoms with Crippen molar-refractivity contribution in [1.29, 1.82) is 0 Å². The Morgan fingerprint density at radius 2 is 2.36 bits per heavy atom. The van der Waals surface area contributed by atoms with Crippen LogP contribution in [-0.2, 0) is 0 Å². The Labute approximate surface area is 94.3 Å². The van der Waals surface area contributed by atoms with Crippen LogP contribution in [0.5, 0.6) is 0 Å². The number of nitrogens with zero attached hydrogens (tertiary/aromatic N) is 3. The molecule has 0 radical (unpaired) electrons. The molecule has 2 aromatic rings. The van der Waals surface area contributed by atoms with Gasteiger partial charge in [-0.25, -0.2) is 9.44 Å². The molecule has 0 amide bonds. The zero-order valence-corrected chi connectivity index (χ0v) is 10.1. The van der Waals surface area contributed by atoms with Crippen molar-refractivity contribution in [2.75, 3.05) is 0 Å². The summed E-state index contributed by atoms with van der Waals surface area (Å²) in [5, 5.41) is 4.23. The first-order valence-electron chi connectivity index (χ1n) is 3.77. The third-order valence-corrected chi connectivity index (χ3v) is 3.49. The normalized spacial score (nSPS) is 11.2. The van der Waals surface area contributed by atoms with Crippen LogP contribution < -0.4 is 5.56 Å². The minimum absolute atomic E-state index is 0.165. The van der Waals surface area contributed by atoms with E-state index in [1.807, 2.05) is 12.3 Å². The van der Waals surface area contributed by atoms with E-state index in [-0.39, 0.29) is 5.56 Å². The molecule has 0 spiro atoms. The fourth-order valence-electron chi connectivity index (χ4n) is 0.998. The maximum Gasteiger partial charge on any atom is 0.251 e. The molecular formula is C7H6IN4OP. The first-order chi connectivity index (χ1) is 6.79. The maximum absolute atomic E-state index is 11.0. The summed E-state index contributed by atoms with van der Waals surface area (Å²) in [6.07, 6.45) is 3.87. The van der Waals surface area contributed by atoms with Gasteiger partial charge in [0, 0.05) is 18.5 Å². The number of nitrogens with one attached hydrogen (secondary N) is 1. The van der Waals surface area contributed by atoms with Crippen LogP contribution in [0.2, 0.25) is 0 Å². The molecule has 5 nitrogen and oxygen atoms in total. The summed E-state index contributed by atoms with van der Waals surface area (Å²) >= 11 is 2.23. The van der Waals surface area contributed by atoms with E-state index in [1.165, 1.54) is 12.3 Å². The number of hydrogen-bond acceptors (Lipinski definition) is 3. The number of aromatic amines is 1. The van der Waals surface area contributed by atoms with Crippen LogP contribution in [-0.4, -0.2) is 19.5 Å². The van der Waals surface area contributed by atoms with E-state index >= 15 is 0 Å². The third-order valence-electron chi connectivity index (χ3n) is 1.59. The van der Waals surface area contributed by atoms with Crippen LogP contribution in [0.1, 0.15) is 0 Å². The van der Waals surface area contributed by atoms with Crippen LogP contribution in [0, 0.1) is 0 Å². The molecule has 7 heteroatoms. The average Bonchev–Trinajstić information content (AvgIpc) is 2.66. The van der Waals surface area contributed by atoms with Crippen LogP contribution in [0.3, 0.4) is 0 Å². The van der Waals surface area contributed by atoms with Crippen LogP contribution in [0.25, 0.3) is 11.5 Å². The summed E-state index contributed by atoms with van der Waals surface area (Å²) in [5.41, 5.74) is 0.522. The Hall–Kier alpha value is -0.750. The fraction of sp³-hybridized carbons (Fsp3) is 0. The molecule has 14 heavy (non-hydrogen) atoms. The summed E-state index contributed by atoms with van der Waals surface area (Å²) in [6.45, 7) is 0. The molecular weight excluding hydrogens is 314 g/mol. The predicted octanol–water partition coefficient (Wildman–Crippen LogP) is 1.42. The maximum atomic E-state index is 11.0. The van der Waals surface area contributed by atoms with E-state index in [0.29, 0.717) is 17.9 Å². The third kappa shape index (κ3) is 2.01. The minimum Gasteiger partial charge on any atom is -0.305 e. The van der Waals surface area contributed by atoms with Crippen molar-refractivity contribution in [3.8, 4) is 11.5 Å². The van der Waals surface area contributed by atoms with E-state index in [9.17, 15) is 4.79 Å². The lowest BCUT2D eigenvalue weighted by molar-refractivity contribution is 0.995. The summed E-state index contributed by atoms with van der Waals surface area (Å²) in [6, 6.07) is 3.20. The number of hydrogen-bond donors (Lipinski definition) is 1. The number of halogens is 1. The highest BCUT2D eigenvalue weighted by molar-refractivity contribution is 14.2. The fourth-order valence-corrected chi connectivity index (χ4v) is 2.08. The van der Waals surface area contributed by atoms with Gasteiger partial charge in [-0.3, -0.25) is 4.79 Å². The zero-order valence-electron chi connectivity index (χ0n) is 6.94. The van der Waals surface area contributed by atoms with Gasteiger partial charge in [0.2, 0.25) is 0 Å². The Morgan fingerprint density at radius 1 is 1.50 bits per heavy atom. The van der Waals surface area contributed by atoms with Gasteiger partial charge >= 0.3 is 0 Å². The van der Waals surface area contributed by atoms with Gasteiger partial charge in [-0.05, 0) is 28.1 Å². The van der Waals surface area contributed by atoms with Crippen LogP contribution in [0.15, 0.2) is 29.3 Å². The first kappa shape index (κ1) is 9.79. The highest BCUT2D eigenvalue weighted by Crippen LogP contribution is 2.23. The molecule has 2 aromatic heterocycles. The second-order valence-electron chi connectivity index (χ2n) is 2.51. The van der Waals surface area contributed by atoms with Crippen molar-refractivity contribution >= 4 is 28.4 Å². The minimum atomic E-state index is -0.165. The smallest absolute Gasteiger partial charge is 0.251 e. The van der Waals surface area contributed by atoms with Crippen molar-refractivity contribution in [3.05, 3.63) is 34.9 Å². The Kier molecular flexibility index (Phi) is 2.93. The van der Waals surface area contributed by atoms with Gasteiger partial charge in [0.25, 0.3) is 5.56 Å². The molecule has 1 N–H and O–H groups in total. The van der Waals surface area contributed by atoms with Gasteiger partial charge in [-0.1, -0.05) is 0 Å². The van der Waals surface area contributed by atoms with Crippen molar-refractivity contribution in [3.63, 3.8) is 0 Å². The molecule has 0 saturated carbocycles. The second kappa shape index (κ2) is 4.18. The van der Waals surface area contributed by atoms with Gasteiger partial charge in [0.05, 0.1) is 6.37 Å². The van der Waals surface area contributed by atoms with Crippen LogP contribution >= 0.6 is 28.4 Å². The van der Waals surface area contributed by atoms with Gasteiger partial charge in [-0.2, -0.15) is 5.10 Å². The van der Waals surface area contributed by atoms with Gasteiger partial charge < -0.3 is 4.98 Å². The van der Waals surface area contributed by atoms with Gasteiger partial charge in [0.1, 0.15) is 5.69 Å². The Bertz CT molecular complexity index is 494. The number of H-pyrrole nitrogens is 1. The highest BCUT2D eigenvalue weighted by Gasteiger charge is 2.03. The first-order valence-corrected chi connectivity index (χ1v) is 7.84. The monoisotopic (exact) mass is 320 g/mol. The summed E-state index contributed by atoms with van der Waals surface area (Å²) < 4.78 is 1.79. The highest BCUT2D eigenvalue weighted by atomic mass is 127. The van der Waals surface area contributed by atoms with Crippen molar-refractivity contribution in [2.24, 2.45) is 0 Å². The van der Waals surface area contributed by atoms with Gasteiger partial charge in [0.15, 0.2) is 5.82 Å². The second-order valence-corrected chi connectivity index (χ2v) is 4.59. The summed E-state index contributed by atoms with van der Waals surface area (Å²) in [7, 11) is 0. The van der Waals surface area contributed by atoms with E-state index in [1.54, 1.807) is 4.45 Å². The molecule has 72 valence electrons. The molecule has 0 aromatic carbocycles. The lowest BCUT2D eigenvalue weighted by Crippen LogP contribution is -2.06. The Morgan fingerprint density at radius 3 is 3.00 bits per heavy atom. The number of rotatable bonds is 2. The quantitative estimate of drug-likeness (QED) is 0.672. The van der Waals surface area contributed by atoms with Crippen molar-refractivity contribution in [2.45, 2.75) is 0 Å². The van der Waals surface area contributed by atoms with Crippen molar-refractivity contribution < 1.29 is 0 Å². The topological polar surface area (TPSA) is 63.6 Å². The predicted molar refractivity (Wildman–Crippen MR) is 63.8 cm³/mol. The lowest BCUT2D eigenvalue weighted by atomic mass is 10.4. The number of aromatic nitrogens is 4. The standard InChI is InChI=1S/C7H6IN4OP/c8-14-12-4-2-5(11-12)7-9-3-1-6(13)10-7/h1-4,14H,(H,9,10,13). The largest absolute Gasteiger partial charge is 0.305 e. The molecule has 0 aliphatic heterocycles.